The van der Waals surface area contributed by atoms with Crippen LogP contribution in [0.25, 0.3) is 0 Å². The standard InChI is InChI=1S/C6H12S2.CH3O/c1-5(2)6-3-4-7-8-6;1-2/h5-6H,3-4H2,1-2H3;1H3/q;-1. The van der Waals surface area contributed by atoms with Gasteiger partial charge in [0, 0.05) is 11.0 Å². The molecule has 1 atom stereocenters. The van der Waals surface area contributed by atoms with Gasteiger partial charge in [-0.25, -0.2) is 0 Å². The van der Waals surface area contributed by atoms with Crippen molar-refractivity contribution >= 4 is 21.6 Å². The molecule has 1 unspecified atom stereocenters. The monoisotopic (exact) mass is 179 g/mol. The predicted molar refractivity (Wildman–Crippen MR) is 49.2 cm³/mol. The highest BCUT2D eigenvalue weighted by molar-refractivity contribution is 8.77. The minimum atomic E-state index is 0.750. The second-order valence-electron chi connectivity index (χ2n) is 2.49. The smallest absolute Gasteiger partial charge is 0.0182 e. The minimum Gasteiger partial charge on any atom is -0.857 e. The predicted octanol–water partition coefficient (Wildman–Crippen LogP) is 1.77. The van der Waals surface area contributed by atoms with Crippen LogP contribution in [0.15, 0.2) is 0 Å². The fourth-order valence-corrected chi connectivity index (χ4v) is 4.06. The molecule has 1 aliphatic rings. The normalized spacial score (nSPS) is 24.3. The molecule has 0 amide bonds. The third-order valence-electron chi connectivity index (χ3n) is 1.42. The van der Waals surface area contributed by atoms with Gasteiger partial charge >= 0.3 is 0 Å². The van der Waals surface area contributed by atoms with Crippen LogP contribution in [0.5, 0.6) is 0 Å². The Morgan fingerprint density at radius 2 is 2.00 bits per heavy atom. The molecule has 1 saturated heterocycles. The van der Waals surface area contributed by atoms with Crippen LogP contribution >= 0.6 is 21.6 Å². The van der Waals surface area contributed by atoms with Crippen LogP contribution in [0.2, 0.25) is 0 Å². The second-order valence-corrected chi connectivity index (χ2v) is 5.22. The van der Waals surface area contributed by atoms with E-state index in [-0.39, 0.29) is 0 Å². The van der Waals surface area contributed by atoms with Gasteiger partial charge in [-0.3, -0.25) is 0 Å². The van der Waals surface area contributed by atoms with Gasteiger partial charge < -0.3 is 5.11 Å². The first-order chi connectivity index (χ1) is 4.80. The van der Waals surface area contributed by atoms with Gasteiger partial charge in [0.15, 0.2) is 0 Å². The molecule has 0 saturated carbocycles. The molecule has 0 N–H and O–H groups in total. The van der Waals surface area contributed by atoms with Crippen molar-refractivity contribution in [2.24, 2.45) is 5.92 Å². The Balaban J connectivity index is 0.000000371. The average Bonchev–Trinajstić information content (AvgIpc) is 2.42. The third kappa shape index (κ3) is 3.74. The van der Waals surface area contributed by atoms with Crippen molar-refractivity contribution in [2.45, 2.75) is 25.5 Å². The molecular weight excluding hydrogens is 164 g/mol. The van der Waals surface area contributed by atoms with E-state index in [0.717, 1.165) is 18.3 Å². The summed E-state index contributed by atoms with van der Waals surface area (Å²) in [5.41, 5.74) is 0. The van der Waals surface area contributed by atoms with Crippen molar-refractivity contribution in [3.05, 3.63) is 0 Å². The fourth-order valence-electron chi connectivity index (χ4n) is 0.792. The maximum atomic E-state index is 8.25. The lowest BCUT2D eigenvalue weighted by molar-refractivity contribution is -0.325. The van der Waals surface area contributed by atoms with Gasteiger partial charge in [0.05, 0.1) is 0 Å². The summed E-state index contributed by atoms with van der Waals surface area (Å²) in [5.74, 6) is 2.25. The van der Waals surface area contributed by atoms with Crippen molar-refractivity contribution in [1.29, 1.82) is 0 Å². The lowest BCUT2D eigenvalue weighted by atomic mass is 10.1. The Morgan fingerprint density at radius 1 is 1.40 bits per heavy atom. The van der Waals surface area contributed by atoms with Gasteiger partial charge in [-0.15, -0.1) is 0 Å². The Bertz CT molecular complexity index is 70.0. The van der Waals surface area contributed by atoms with Crippen LogP contribution < -0.4 is 5.11 Å². The van der Waals surface area contributed by atoms with Crippen molar-refractivity contribution in [2.75, 3.05) is 12.9 Å². The van der Waals surface area contributed by atoms with Crippen LogP contribution in [0, 0.1) is 5.92 Å². The Morgan fingerprint density at radius 3 is 2.20 bits per heavy atom. The highest BCUT2D eigenvalue weighted by atomic mass is 33.1. The van der Waals surface area contributed by atoms with E-state index in [1.54, 1.807) is 0 Å². The molecule has 10 heavy (non-hydrogen) atoms. The summed E-state index contributed by atoms with van der Waals surface area (Å²) < 4.78 is 0. The Labute approximate surface area is 71.4 Å². The molecule has 3 heteroatoms. The van der Waals surface area contributed by atoms with E-state index in [2.05, 4.69) is 24.6 Å². The lowest BCUT2D eigenvalue weighted by Gasteiger charge is -2.09. The molecule has 1 fully saturated rings. The topological polar surface area (TPSA) is 23.1 Å². The second kappa shape index (κ2) is 6.38. The van der Waals surface area contributed by atoms with E-state index >= 15 is 0 Å². The molecule has 1 heterocycles. The van der Waals surface area contributed by atoms with Gasteiger partial charge in [-0.2, -0.15) is 7.11 Å². The van der Waals surface area contributed by atoms with Crippen molar-refractivity contribution < 1.29 is 5.11 Å². The van der Waals surface area contributed by atoms with Crippen LogP contribution in [-0.2, 0) is 0 Å². The molecule has 0 aromatic carbocycles. The van der Waals surface area contributed by atoms with Crippen molar-refractivity contribution in [3.63, 3.8) is 0 Å². The van der Waals surface area contributed by atoms with E-state index in [1.165, 1.54) is 12.2 Å². The van der Waals surface area contributed by atoms with E-state index in [0.29, 0.717) is 0 Å². The van der Waals surface area contributed by atoms with Crippen molar-refractivity contribution in [3.8, 4) is 0 Å². The lowest BCUT2D eigenvalue weighted by Crippen LogP contribution is -2.05. The molecule has 0 radical (unpaired) electrons. The Hall–Kier alpha value is 0.660. The van der Waals surface area contributed by atoms with E-state index in [4.69, 9.17) is 5.11 Å². The first-order valence-corrected chi connectivity index (χ1v) is 5.88. The molecule has 0 bridgehead atoms. The highest BCUT2D eigenvalue weighted by Gasteiger charge is 2.18. The summed E-state index contributed by atoms with van der Waals surface area (Å²) in [7, 11) is 4.84. The average molecular weight is 179 g/mol. The zero-order chi connectivity index (χ0) is 7.98. The van der Waals surface area contributed by atoms with E-state index in [9.17, 15) is 0 Å². The highest BCUT2D eigenvalue weighted by Crippen LogP contribution is 2.40. The van der Waals surface area contributed by atoms with Gasteiger partial charge in [0.2, 0.25) is 0 Å². The molecule has 0 spiro atoms. The summed E-state index contributed by atoms with van der Waals surface area (Å²) in [6.45, 7) is 4.62. The summed E-state index contributed by atoms with van der Waals surface area (Å²) in [6.07, 6.45) is 1.42. The van der Waals surface area contributed by atoms with Crippen LogP contribution in [0.3, 0.4) is 0 Å². The van der Waals surface area contributed by atoms with Gasteiger partial charge in [-0.05, 0) is 12.3 Å². The molecule has 0 aromatic rings. The largest absolute Gasteiger partial charge is 0.857 e. The van der Waals surface area contributed by atoms with Crippen LogP contribution in [0.1, 0.15) is 20.3 Å². The number of rotatable bonds is 1. The first-order valence-electron chi connectivity index (χ1n) is 3.50. The zero-order valence-corrected chi connectivity index (χ0v) is 8.43. The molecule has 1 aliphatic heterocycles. The van der Waals surface area contributed by atoms with Crippen LogP contribution in [-0.4, -0.2) is 18.1 Å². The quantitative estimate of drug-likeness (QED) is 0.573. The molecule has 1 rings (SSSR count). The minimum absolute atomic E-state index is 0.750. The molecule has 62 valence electrons. The van der Waals surface area contributed by atoms with Gasteiger partial charge in [-0.1, -0.05) is 35.4 Å². The zero-order valence-electron chi connectivity index (χ0n) is 6.79. The SMILES string of the molecule is CC(C)C1CCSS1.C[O-]. The maximum Gasteiger partial charge on any atom is 0.0182 e. The fraction of sp³-hybridized carbons (Fsp3) is 1.00. The van der Waals surface area contributed by atoms with E-state index < -0.39 is 0 Å². The summed E-state index contributed by atoms with van der Waals surface area (Å²) in [4.78, 5) is 0. The molecular formula is C7H15OS2-. The maximum absolute atomic E-state index is 8.25. The Kier molecular flexibility index (Phi) is 6.80. The van der Waals surface area contributed by atoms with Crippen molar-refractivity contribution in [1.82, 2.24) is 0 Å². The summed E-state index contributed by atoms with van der Waals surface area (Å²) in [5, 5.41) is 9.19. The summed E-state index contributed by atoms with van der Waals surface area (Å²) in [6, 6.07) is 0. The van der Waals surface area contributed by atoms with Gasteiger partial charge in [0.1, 0.15) is 0 Å². The number of hydrogen-bond acceptors (Lipinski definition) is 3. The first kappa shape index (κ1) is 10.7. The molecule has 1 nitrogen and oxygen atoms in total. The number of hydrogen-bond donors (Lipinski definition) is 0. The van der Waals surface area contributed by atoms with Gasteiger partial charge in [0.25, 0.3) is 0 Å². The third-order valence-corrected chi connectivity index (χ3v) is 4.64. The molecule has 0 aromatic heterocycles. The molecule has 0 aliphatic carbocycles. The van der Waals surface area contributed by atoms with Crippen LogP contribution in [0.4, 0.5) is 0 Å². The van der Waals surface area contributed by atoms with E-state index in [1.807, 2.05) is 10.8 Å². The summed E-state index contributed by atoms with van der Waals surface area (Å²) >= 11 is 0.